The number of fused-ring (bicyclic) bond motifs is 1. The Balaban J connectivity index is 1.71. The standard InChI is InChI=1S/C16H22O6/c1-16(2)21-14-13(19-9-10-6-4-3-5-7-10)12(11(18)8-17)20-15(14)22-16/h3-7,11-15,17-18H,8-9H2,1-2H3/t11-,12+,13+,14-,15-/m1/s1. The average Bonchev–Trinajstić information content (AvgIpc) is 2.97. The van der Waals surface area contributed by atoms with E-state index in [0.717, 1.165) is 5.56 Å². The van der Waals surface area contributed by atoms with E-state index in [4.69, 9.17) is 18.9 Å². The van der Waals surface area contributed by atoms with E-state index >= 15 is 0 Å². The van der Waals surface area contributed by atoms with Crippen LogP contribution in [0.15, 0.2) is 30.3 Å². The van der Waals surface area contributed by atoms with Gasteiger partial charge in [-0.2, -0.15) is 0 Å². The molecule has 1 aromatic rings. The van der Waals surface area contributed by atoms with Crippen LogP contribution in [-0.2, 0) is 25.6 Å². The summed E-state index contributed by atoms with van der Waals surface area (Å²) < 4.78 is 23.1. The normalized spacial score (nSPS) is 34.5. The summed E-state index contributed by atoms with van der Waals surface area (Å²) >= 11 is 0. The molecule has 122 valence electrons. The van der Waals surface area contributed by atoms with E-state index in [2.05, 4.69) is 0 Å². The largest absolute Gasteiger partial charge is 0.394 e. The molecule has 2 heterocycles. The molecule has 0 amide bonds. The van der Waals surface area contributed by atoms with Crippen molar-refractivity contribution in [2.75, 3.05) is 6.61 Å². The zero-order valence-electron chi connectivity index (χ0n) is 12.7. The predicted molar refractivity (Wildman–Crippen MR) is 76.8 cm³/mol. The maximum absolute atomic E-state index is 9.94. The number of aliphatic hydroxyl groups is 2. The third-order valence-corrected chi connectivity index (χ3v) is 3.88. The van der Waals surface area contributed by atoms with Crippen molar-refractivity contribution in [1.29, 1.82) is 0 Å². The molecule has 2 N–H and O–H groups in total. The minimum Gasteiger partial charge on any atom is -0.394 e. The van der Waals surface area contributed by atoms with Gasteiger partial charge in [-0.3, -0.25) is 0 Å². The highest BCUT2D eigenvalue weighted by Crippen LogP contribution is 2.39. The Hall–Kier alpha value is -1.02. The monoisotopic (exact) mass is 310 g/mol. The number of rotatable bonds is 5. The Morgan fingerprint density at radius 1 is 1.23 bits per heavy atom. The Morgan fingerprint density at radius 3 is 2.64 bits per heavy atom. The Kier molecular flexibility index (Phi) is 4.49. The van der Waals surface area contributed by atoms with Crippen LogP contribution in [0.3, 0.4) is 0 Å². The van der Waals surface area contributed by atoms with E-state index in [1.165, 1.54) is 0 Å². The molecule has 5 atom stereocenters. The Labute approximate surface area is 129 Å². The molecule has 2 aliphatic rings. The van der Waals surface area contributed by atoms with Gasteiger partial charge in [0.25, 0.3) is 0 Å². The molecule has 0 radical (unpaired) electrons. The Morgan fingerprint density at radius 2 is 1.95 bits per heavy atom. The molecule has 2 saturated heterocycles. The third-order valence-electron chi connectivity index (χ3n) is 3.88. The van der Waals surface area contributed by atoms with E-state index in [9.17, 15) is 10.2 Å². The zero-order chi connectivity index (χ0) is 15.7. The molecule has 6 nitrogen and oxygen atoms in total. The summed E-state index contributed by atoms with van der Waals surface area (Å²) in [4.78, 5) is 0. The van der Waals surface area contributed by atoms with Gasteiger partial charge in [0.2, 0.25) is 0 Å². The highest BCUT2D eigenvalue weighted by atomic mass is 16.8. The van der Waals surface area contributed by atoms with Crippen LogP contribution < -0.4 is 0 Å². The van der Waals surface area contributed by atoms with Crippen LogP contribution in [0.25, 0.3) is 0 Å². The molecule has 22 heavy (non-hydrogen) atoms. The van der Waals surface area contributed by atoms with Gasteiger partial charge in [-0.15, -0.1) is 0 Å². The first-order chi connectivity index (χ1) is 10.5. The summed E-state index contributed by atoms with van der Waals surface area (Å²) in [5, 5.41) is 19.1. The van der Waals surface area contributed by atoms with Gasteiger partial charge in [0.05, 0.1) is 13.2 Å². The SMILES string of the molecule is CC1(C)O[C@H]2O[C@@H]([C@H](O)CO)[C@H](OCc3ccccc3)[C@H]2O1. The minimum atomic E-state index is -1.04. The molecule has 6 heteroatoms. The molecule has 0 unspecified atom stereocenters. The second-order valence-electron chi connectivity index (χ2n) is 6.08. The van der Waals surface area contributed by atoms with Gasteiger partial charge in [-0.05, 0) is 19.4 Å². The van der Waals surface area contributed by atoms with E-state index in [0.29, 0.717) is 6.61 Å². The Bertz CT molecular complexity index is 491. The van der Waals surface area contributed by atoms with Crippen LogP contribution in [0.5, 0.6) is 0 Å². The van der Waals surface area contributed by atoms with Gasteiger partial charge in [-0.25, -0.2) is 0 Å². The van der Waals surface area contributed by atoms with Gasteiger partial charge in [0, 0.05) is 0 Å². The van der Waals surface area contributed by atoms with Crippen LogP contribution in [-0.4, -0.2) is 53.3 Å². The molecule has 1 aromatic carbocycles. The summed E-state index contributed by atoms with van der Waals surface area (Å²) in [7, 11) is 0. The molecular formula is C16H22O6. The third kappa shape index (κ3) is 3.17. The average molecular weight is 310 g/mol. The van der Waals surface area contributed by atoms with Crippen molar-refractivity contribution in [3.05, 3.63) is 35.9 Å². The topological polar surface area (TPSA) is 77.4 Å². The van der Waals surface area contributed by atoms with Crippen LogP contribution in [0, 0.1) is 0 Å². The van der Waals surface area contributed by atoms with E-state index < -0.39 is 43.1 Å². The summed E-state index contributed by atoms with van der Waals surface area (Å²) in [5.74, 6) is -0.751. The summed E-state index contributed by atoms with van der Waals surface area (Å²) in [5.41, 5.74) is 1.02. The smallest absolute Gasteiger partial charge is 0.190 e. The van der Waals surface area contributed by atoms with Crippen molar-refractivity contribution >= 4 is 0 Å². The first-order valence-electron chi connectivity index (χ1n) is 7.46. The molecule has 2 fully saturated rings. The highest BCUT2D eigenvalue weighted by molar-refractivity contribution is 5.13. The molecule has 0 bridgehead atoms. The number of aliphatic hydroxyl groups excluding tert-OH is 2. The molecule has 0 aromatic heterocycles. The van der Waals surface area contributed by atoms with Crippen molar-refractivity contribution in [3.8, 4) is 0 Å². The van der Waals surface area contributed by atoms with Crippen LogP contribution in [0.1, 0.15) is 19.4 Å². The fraction of sp³-hybridized carbons (Fsp3) is 0.625. The molecule has 0 spiro atoms. The molecule has 2 aliphatic heterocycles. The van der Waals surface area contributed by atoms with E-state index in [-0.39, 0.29) is 0 Å². The van der Waals surface area contributed by atoms with E-state index in [1.54, 1.807) is 13.8 Å². The molecular weight excluding hydrogens is 288 g/mol. The van der Waals surface area contributed by atoms with Crippen molar-refractivity contribution in [1.82, 2.24) is 0 Å². The quantitative estimate of drug-likeness (QED) is 0.838. The lowest BCUT2D eigenvalue weighted by Crippen LogP contribution is -2.44. The second kappa shape index (κ2) is 6.23. The fourth-order valence-electron chi connectivity index (χ4n) is 2.87. The van der Waals surface area contributed by atoms with Crippen LogP contribution in [0.2, 0.25) is 0 Å². The zero-order valence-corrected chi connectivity index (χ0v) is 12.7. The maximum Gasteiger partial charge on any atom is 0.190 e. The second-order valence-corrected chi connectivity index (χ2v) is 6.08. The first-order valence-corrected chi connectivity index (χ1v) is 7.46. The van der Waals surface area contributed by atoms with Crippen LogP contribution >= 0.6 is 0 Å². The first kappa shape index (κ1) is 15.9. The summed E-state index contributed by atoms with van der Waals surface area (Å²) in [6, 6.07) is 9.73. The van der Waals surface area contributed by atoms with Crippen molar-refractivity contribution in [3.63, 3.8) is 0 Å². The van der Waals surface area contributed by atoms with Gasteiger partial charge in [-0.1, -0.05) is 30.3 Å². The summed E-state index contributed by atoms with van der Waals surface area (Å²) in [6.07, 6.45) is -3.25. The lowest BCUT2D eigenvalue weighted by molar-refractivity contribution is -0.232. The van der Waals surface area contributed by atoms with Gasteiger partial charge >= 0.3 is 0 Å². The highest BCUT2D eigenvalue weighted by Gasteiger charge is 2.56. The molecule has 0 aliphatic carbocycles. The van der Waals surface area contributed by atoms with E-state index in [1.807, 2.05) is 30.3 Å². The van der Waals surface area contributed by atoms with Crippen LogP contribution in [0.4, 0.5) is 0 Å². The summed E-state index contributed by atoms with van der Waals surface area (Å²) in [6.45, 7) is 3.58. The van der Waals surface area contributed by atoms with Gasteiger partial charge in [0.15, 0.2) is 12.1 Å². The number of hydrogen-bond donors (Lipinski definition) is 2. The number of hydrogen-bond acceptors (Lipinski definition) is 6. The maximum atomic E-state index is 9.94. The molecule has 3 rings (SSSR count). The fourth-order valence-corrected chi connectivity index (χ4v) is 2.87. The van der Waals surface area contributed by atoms with Crippen molar-refractivity contribution in [2.24, 2.45) is 0 Å². The lowest BCUT2D eigenvalue weighted by Gasteiger charge is -2.28. The van der Waals surface area contributed by atoms with Gasteiger partial charge < -0.3 is 29.2 Å². The minimum absolute atomic E-state index is 0.372. The predicted octanol–water partition coefficient (Wildman–Crippen LogP) is 0.801. The van der Waals surface area contributed by atoms with Crippen molar-refractivity contribution < 1.29 is 29.2 Å². The lowest BCUT2D eigenvalue weighted by atomic mass is 10.1. The van der Waals surface area contributed by atoms with Crippen molar-refractivity contribution in [2.45, 2.75) is 56.9 Å². The molecule has 0 saturated carbocycles. The number of benzene rings is 1. The van der Waals surface area contributed by atoms with Gasteiger partial charge in [0.1, 0.15) is 24.4 Å². The number of ether oxygens (including phenoxy) is 4.